The third-order valence-corrected chi connectivity index (χ3v) is 4.46. The lowest BCUT2D eigenvalue weighted by Gasteiger charge is -2.31. The SMILES string of the molecule is N[C@H]1CCCN(C(=O)c2cc(=O)[nH]c3c(Br)cccc23)C1. The molecule has 5 nitrogen and oxygen atoms in total. The van der Waals surface area contributed by atoms with E-state index in [1.807, 2.05) is 18.2 Å². The number of aromatic amines is 1. The van der Waals surface area contributed by atoms with Gasteiger partial charge in [-0.15, -0.1) is 0 Å². The summed E-state index contributed by atoms with van der Waals surface area (Å²) in [4.78, 5) is 29.1. The normalized spacial score (nSPS) is 19.0. The second kappa shape index (κ2) is 5.61. The Morgan fingerprint density at radius 2 is 2.24 bits per heavy atom. The first-order chi connectivity index (χ1) is 10.1. The number of nitrogens with zero attached hydrogens (tertiary/aromatic N) is 1. The van der Waals surface area contributed by atoms with Crippen molar-refractivity contribution in [1.82, 2.24) is 9.88 Å². The highest BCUT2D eigenvalue weighted by atomic mass is 79.9. The van der Waals surface area contributed by atoms with E-state index in [1.165, 1.54) is 6.07 Å². The van der Waals surface area contributed by atoms with Crippen LogP contribution in [0.25, 0.3) is 10.9 Å². The molecule has 110 valence electrons. The molecule has 3 N–H and O–H groups in total. The van der Waals surface area contributed by atoms with E-state index in [2.05, 4.69) is 20.9 Å². The minimum atomic E-state index is -0.279. The zero-order chi connectivity index (χ0) is 15.0. The summed E-state index contributed by atoms with van der Waals surface area (Å²) in [5.74, 6) is -0.126. The van der Waals surface area contributed by atoms with Crippen molar-refractivity contribution in [2.45, 2.75) is 18.9 Å². The summed E-state index contributed by atoms with van der Waals surface area (Å²) >= 11 is 3.40. The Balaban J connectivity index is 2.09. The minimum Gasteiger partial charge on any atom is -0.337 e. The van der Waals surface area contributed by atoms with Crippen molar-refractivity contribution in [2.24, 2.45) is 5.73 Å². The molecule has 1 aliphatic heterocycles. The van der Waals surface area contributed by atoms with Crippen LogP contribution >= 0.6 is 15.9 Å². The lowest BCUT2D eigenvalue weighted by atomic mass is 10.0. The van der Waals surface area contributed by atoms with Gasteiger partial charge in [0.1, 0.15) is 0 Å². The van der Waals surface area contributed by atoms with Crippen LogP contribution in [-0.2, 0) is 0 Å². The number of aromatic nitrogens is 1. The molecule has 21 heavy (non-hydrogen) atoms. The van der Waals surface area contributed by atoms with Crippen molar-refractivity contribution < 1.29 is 4.79 Å². The smallest absolute Gasteiger partial charge is 0.254 e. The highest BCUT2D eigenvalue weighted by Crippen LogP contribution is 2.24. The molecule has 1 aliphatic rings. The lowest BCUT2D eigenvalue weighted by Crippen LogP contribution is -2.45. The maximum absolute atomic E-state index is 12.7. The van der Waals surface area contributed by atoms with Crippen molar-refractivity contribution >= 4 is 32.7 Å². The summed E-state index contributed by atoms with van der Waals surface area (Å²) in [5.41, 5.74) is 6.74. The molecular formula is C15H16BrN3O2. The number of hydrogen-bond donors (Lipinski definition) is 2. The molecule has 1 aromatic carbocycles. The molecule has 0 spiro atoms. The predicted molar refractivity (Wildman–Crippen MR) is 85.4 cm³/mol. The van der Waals surface area contributed by atoms with Gasteiger partial charge in [0.15, 0.2) is 0 Å². The zero-order valence-electron chi connectivity index (χ0n) is 11.4. The van der Waals surface area contributed by atoms with Gasteiger partial charge >= 0.3 is 0 Å². The molecule has 1 atom stereocenters. The Hall–Kier alpha value is -1.66. The van der Waals surface area contributed by atoms with E-state index in [0.717, 1.165) is 22.7 Å². The summed E-state index contributed by atoms with van der Waals surface area (Å²) in [6, 6.07) is 6.92. The fourth-order valence-corrected chi connectivity index (χ4v) is 3.25. The zero-order valence-corrected chi connectivity index (χ0v) is 13.0. The predicted octanol–water partition coefficient (Wildman–Crippen LogP) is 1.85. The maximum Gasteiger partial charge on any atom is 0.254 e. The first-order valence-electron chi connectivity index (χ1n) is 6.92. The van der Waals surface area contributed by atoms with Crippen LogP contribution in [-0.4, -0.2) is 34.9 Å². The fourth-order valence-electron chi connectivity index (χ4n) is 2.79. The molecule has 1 saturated heterocycles. The van der Waals surface area contributed by atoms with Crippen molar-refractivity contribution in [3.05, 3.63) is 44.7 Å². The largest absolute Gasteiger partial charge is 0.337 e. The Morgan fingerprint density at radius 3 is 3.00 bits per heavy atom. The number of hydrogen-bond acceptors (Lipinski definition) is 3. The number of fused-ring (bicyclic) bond motifs is 1. The van der Waals surface area contributed by atoms with Gasteiger partial charge in [0.2, 0.25) is 5.56 Å². The van der Waals surface area contributed by atoms with Crippen molar-refractivity contribution in [2.75, 3.05) is 13.1 Å². The van der Waals surface area contributed by atoms with E-state index < -0.39 is 0 Å². The van der Waals surface area contributed by atoms with Crippen LogP contribution in [0, 0.1) is 0 Å². The Labute approximate surface area is 130 Å². The molecule has 0 saturated carbocycles. The number of para-hydroxylation sites is 1. The van der Waals surface area contributed by atoms with E-state index in [0.29, 0.717) is 24.2 Å². The third-order valence-electron chi connectivity index (χ3n) is 3.80. The van der Waals surface area contributed by atoms with E-state index in [4.69, 9.17) is 5.73 Å². The van der Waals surface area contributed by atoms with Gasteiger partial charge in [-0.2, -0.15) is 0 Å². The molecule has 0 unspecified atom stereocenters. The number of amides is 1. The van der Waals surface area contributed by atoms with E-state index >= 15 is 0 Å². The first kappa shape index (κ1) is 14.3. The maximum atomic E-state index is 12.7. The van der Waals surface area contributed by atoms with E-state index in [9.17, 15) is 9.59 Å². The summed E-state index contributed by atoms with van der Waals surface area (Å²) in [6.07, 6.45) is 1.84. The summed E-state index contributed by atoms with van der Waals surface area (Å²) in [5, 5.41) is 0.744. The molecule has 1 fully saturated rings. The van der Waals surface area contributed by atoms with Gasteiger partial charge in [-0.25, -0.2) is 0 Å². The average molecular weight is 350 g/mol. The van der Waals surface area contributed by atoms with Gasteiger partial charge in [0.05, 0.1) is 11.1 Å². The number of halogens is 1. The number of benzene rings is 1. The van der Waals surface area contributed by atoms with Crippen molar-refractivity contribution in [1.29, 1.82) is 0 Å². The first-order valence-corrected chi connectivity index (χ1v) is 7.72. The number of rotatable bonds is 1. The molecule has 0 aliphatic carbocycles. The molecule has 1 aromatic heterocycles. The standard InChI is InChI=1S/C15H16BrN3O2/c16-12-5-1-4-10-11(7-13(20)18-14(10)12)15(21)19-6-2-3-9(17)8-19/h1,4-5,7,9H,2-3,6,8,17H2,(H,18,20)/t9-/m0/s1. The van der Waals surface area contributed by atoms with Crippen LogP contribution in [0.15, 0.2) is 33.5 Å². The third kappa shape index (κ3) is 2.73. The number of pyridine rings is 1. The second-order valence-corrected chi connectivity index (χ2v) is 6.22. The van der Waals surface area contributed by atoms with Crippen LogP contribution in [0.1, 0.15) is 23.2 Å². The van der Waals surface area contributed by atoms with Gasteiger partial charge in [-0.05, 0) is 34.8 Å². The quantitative estimate of drug-likeness (QED) is 0.824. The molecule has 0 bridgehead atoms. The minimum absolute atomic E-state index is 0.0164. The Bertz CT molecular complexity index is 756. The van der Waals surface area contributed by atoms with Crippen LogP contribution in [0.3, 0.4) is 0 Å². The summed E-state index contributed by atoms with van der Waals surface area (Å²) in [7, 11) is 0. The molecule has 3 rings (SSSR count). The molecule has 6 heteroatoms. The van der Waals surface area contributed by atoms with Gasteiger partial charge in [-0.3, -0.25) is 9.59 Å². The van der Waals surface area contributed by atoms with Gasteiger partial charge in [0, 0.05) is 35.1 Å². The van der Waals surface area contributed by atoms with E-state index in [1.54, 1.807) is 4.90 Å². The van der Waals surface area contributed by atoms with Crippen molar-refractivity contribution in [3.8, 4) is 0 Å². The highest BCUT2D eigenvalue weighted by molar-refractivity contribution is 9.10. The lowest BCUT2D eigenvalue weighted by molar-refractivity contribution is 0.0710. The van der Waals surface area contributed by atoms with Gasteiger partial charge < -0.3 is 15.6 Å². The van der Waals surface area contributed by atoms with Crippen LogP contribution in [0.4, 0.5) is 0 Å². The molecule has 0 radical (unpaired) electrons. The number of likely N-dealkylation sites (tertiary alicyclic amines) is 1. The summed E-state index contributed by atoms with van der Waals surface area (Å²) in [6.45, 7) is 1.23. The average Bonchev–Trinajstić information content (AvgIpc) is 2.47. The number of piperidine rings is 1. The number of carbonyl (C=O) groups is 1. The molecular weight excluding hydrogens is 334 g/mol. The highest BCUT2D eigenvalue weighted by Gasteiger charge is 2.24. The molecule has 2 heterocycles. The Kier molecular flexibility index (Phi) is 3.82. The number of nitrogens with one attached hydrogen (secondary N) is 1. The van der Waals surface area contributed by atoms with Crippen LogP contribution < -0.4 is 11.3 Å². The van der Waals surface area contributed by atoms with E-state index in [-0.39, 0.29) is 17.5 Å². The van der Waals surface area contributed by atoms with Crippen LogP contribution in [0.2, 0.25) is 0 Å². The van der Waals surface area contributed by atoms with Crippen LogP contribution in [0.5, 0.6) is 0 Å². The fraction of sp³-hybridized carbons (Fsp3) is 0.333. The number of nitrogens with two attached hydrogens (primary N) is 1. The van der Waals surface area contributed by atoms with Crippen molar-refractivity contribution in [3.63, 3.8) is 0 Å². The van der Waals surface area contributed by atoms with Gasteiger partial charge in [0.25, 0.3) is 5.91 Å². The summed E-state index contributed by atoms with van der Waals surface area (Å²) < 4.78 is 0.766. The topological polar surface area (TPSA) is 79.2 Å². The van der Waals surface area contributed by atoms with Gasteiger partial charge in [-0.1, -0.05) is 12.1 Å². The monoisotopic (exact) mass is 349 g/mol. The molecule has 1 amide bonds. The number of carbonyl (C=O) groups excluding carboxylic acids is 1. The number of H-pyrrole nitrogens is 1. The Morgan fingerprint density at radius 1 is 1.43 bits per heavy atom. The second-order valence-electron chi connectivity index (χ2n) is 5.36. The molecule has 2 aromatic rings.